The summed E-state index contributed by atoms with van der Waals surface area (Å²) in [5.74, 6) is 4.53. The number of aliphatic imine (C=N–C) groups is 1. The first kappa shape index (κ1) is 24.9. The number of amidine groups is 1. The highest BCUT2D eigenvalue weighted by molar-refractivity contribution is 9.11. The van der Waals surface area contributed by atoms with Crippen LogP contribution >= 0.6 is 15.9 Å². The Morgan fingerprint density at radius 1 is 1.35 bits per heavy atom. The molecule has 0 amide bonds. The Morgan fingerprint density at radius 2 is 2.06 bits per heavy atom. The summed E-state index contributed by atoms with van der Waals surface area (Å²) in [6.07, 6.45) is 10.4. The number of benzene rings is 1. The van der Waals surface area contributed by atoms with E-state index in [9.17, 15) is 0 Å². The molecule has 166 valence electrons. The molecule has 0 bridgehead atoms. The van der Waals surface area contributed by atoms with E-state index in [1.807, 2.05) is 37.3 Å². The van der Waals surface area contributed by atoms with Crippen LogP contribution in [0.3, 0.4) is 0 Å². The van der Waals surface area contributed by atoms with Crippen LogP contribution in [0.4, 0.5) is 5.69 Å². The molecule has 1 aliphatic rings. The van der Waals surface area contributed by atoms with Crippen LogP contribution < -0.4 is 10.1 Å². The summed E-state index contributed by atoms with van der Waals surface area (Å²) >= 11 is 3.49. The standard InChI is InChI=1S/C25H32BrN3O2/c1-5-8-9-25(24(26)7-3)28-20(4)27-22-10-12-23(13-11-22)31-19-21(6-2)18-29-14-16-30-17-15-29/h1,6-7,10-13,21H,2-3,8-9,14-19H2,4H3,(H,27,28)/b25-24+. The van der Waals surface area contributed by atoms with Gasteiger partial charge < -0.3 is 14.8 Å². The Morgan fingerprint density at radius 3 is 2.68 bits per heavy atom. The Bertz CT molecular complexity index is 818. The van der Waals surface area contributed by atoms with Crippen molar-refractivity contribution in [3.63, 3.8) is 0 Å². The second kappa shape index (κ2) is 13.9. The Labute approximate surface area is 195 Å². The molecular weight excluding hydrogens is 454 g/mol. The minimum atomic E-state index is 0.279. The first-order valence-electron chi connectivity index (χ1n) is 10.5. The van der Waals surface area contributed by atoms with E-state index in [4.69, 9.17) is 15.9 Å². The van der Waals surface area contributed by atoms with Crippen molar-refractivity contribution in [3.8, 4) is 18.1 Å². The lowest BCUT2D eigenvalue weighted by molar-refractivity contribution is 0.0305. The first-order chi connectivity index (χ1) is 15.0. The number of halogens is 1. The predicted octanol–water partition coefficient (Wildman–Crippen LogP) is 5.24. The third kappa shape index (κ3) is 9.14. The van der Waals surface area contributed by atoms with Crippen molar-refractivity contribution < 1.29 is 9.47 Å². The molecular formula is C25H32BrN3O2. The lowest BCUT2D eigenvalue weighted by Crippen LogP contribution is -2.40. The lowest BCUT2D eigenvalue weighted by atomic mass is 10.1. The SMILES string of the molecule is C#CCC/C(N=C(C)Nc1ccc(OCC(C=C)CN2CCOCC2)cc1)=C(\Br)C=C. The number of nitrogens with zero attached hydrogens (tertiary/aromatic N) is 2. The van der Waals surface area contributed by atoms with Gasteiger partial charge in [0.05, 0.1) is 25.5 Å². The fourth-order valence-electron chi connectivity index (χ4n) is 3.12. The largest absolute Gasteiger partial charge is 0.493 e. The molecule has 0 radical (unpaired) electrons. The molecule has 1 aromatic carbocycles. The molecule has 1 N–H and O–H groups in total. The number of ether oxygens (including phenoxy) is 2. The topological polar surface area (TPSA) is 46.1 Å². The van der Waals surface area contributed by atoms with E-state index in [1.54, 1.807) is 6.08 Å². The van der Waals surface area contributed by atoms with E-state index in [1.165, 1.54) is 0 Å². The minimum absolute atomic E-state index is 0.279. The molecule has 0 saturated carbocycles. The van der Waals surface area contributed by atoms with Gasteiger partial charge in [-0.25, -0.2) is 4.99 Å². The number of rotatable bonds is 11. The summed E-state index contributed by atoms with van der Waals surface area (Å²) in [6.45, 7) is 14.7. The Balaban J connectivity index is 1.89. The highest BCUT2D eigenvalue weighted by Crippen LogP contribution is 2.21. The van der Waals surface area contributed by atoms with Crippen molar-refractivity contribution >= 4 is 27.5 Å². The van der Waals surface area contributed by atoms with Crippen molar-refractivity contribution in [1.82, 2.24) is 4.90 Å². The first-order valence-corrected chi connectivity index (χ1v) is 11.3. The summed E-state index contributed by atoms with van der Waals surface area (Å²) in [5.41, 5.74) is 1.81. The zero-order chi connectivity index (χ0) is 22.5. The van der Waals surface area contributed by atoms with Gasteiger partial charge in [0.2, 0.25) is 0 Å². The number of terminal acetylenes is 1. The van der Waals surface area contributed by atoms with Gasteiger partial charge in [0.25, 0.3) is 0 Å². The van der Waals surface area contributed by atoms with Crippen molar-refractivity contribution in [2.75, 3.05) is 44.8 Å². The van der Waals surface area contributed by atoms with E-state index < -0.39 is 0 Å². The normalized spacial score (nSPS) is 16.6. The van der Waals surface area contributed by atoms with Gasteiger partial charge in [-0.3, -0.25) is 4.90 Å². The maximum Gasteiger partial charge on any atom is 0.119 e. The quantitative estimate of drug-likeness (QED) is 0.153. The molecule has 1 aromatic rings. The zero-order valence-electron chi connectivity index (χ0n) is 18.3. The molecule has 1 atom stereocenters. The Kier molecular flexibility index (Phi) is 11.2. The van der Waals surface area contributed by atoms with E-state index in [-0.39, 0.29) is 5.92 Å². The molecule has 1 saturated heterocycles. The van der Waals surface area contributed by atoms with Crippen LogP contribution in [0.15, 0.2) is 64.7 Å². The average Bonchev–Trinajstić information content (AvgIpc) is 2.80. The second-order valence-electron chi connectivity index (χ2n) is 7.27. The smallest absolute Gasteiger partial charge is 0.119 e. The van der Waals surface area contributed by atoms with Crippen LogP contribution in [-0.2, 0) is 4.74 Å². The fraction of sp³-hybridized carbons (Fsp3) is 0.400. The number of hydrogen-bond donors (Lipinski definition) is 1. The number of anilines is 1. The summed E-state index contributed by atoms with van der Waals surface area (Å²) in [7, 11) is 0. The summed E-state index contributed by atoms with van der Waals surface area (Å²) in [6, 6.07) is 7.87. The van der Waals surface area contributed by atoms with E-state index in [0.29, 0.717) is 19.4 Å². The molecule has 1 fully saturated rings. The van der Waals surface area contributed by atoms with Crippen LogP contribution in [0.1, 0.15) is 19.8 Å². The van der Waals surface area contributed by atoms with Crippen molar-refractivity contribution in [1.29, 1.82) is 0 Å². The highest BCUT2D eigenvalue weighted by Gasteiger charge is 2.15. The van der Waals surface area contributed by atoms with Crippen molar-refractivity contribution in [3.05, 3.63) is 59.8 Å². The van der Waals surface area contributed by atoms with Gasteiger partial charge in [-0.05, 0) is 47.1 Å². The highest BCUT2D eigenvalue weighted by atomic mass is 79.9. The molecule has 2 rings (SSSR count). The third-order valence-corrected chi connectivity index (χ3v) is 5.62. The summed E-state index contributed by atoms with van der Waals surface area (Å²) < 4.78 is 12.2. The van der Waals surface area contributed by atoms with Gasteiger partial charge in [-0.15, -0.1) is 18.9 Å². The van der Waals surface area contributed by atoms with Crippen LogP contribution in [0.25, 0.3) is 0 Å². The number of nitrogens with one attached hydrogen (secondary N) is 1. The van der Waals surface area contributed by atoms with Gasteiger partial charge in [-0.2, -0.15) is 0 Å². The molecule has 0 aromatic heterocycles. The molecule has 1 aliphatic heterocycles. The third-order valence-electron chi connectivity index (χ3n) is 4.84. The van der Waals surface area contributed by atoms with Crippen LogP contribution in [0.5, 0.6) is 5.75 Å². The van der Waals surface area contributed by atoms with Crippen molar-refractivity contribution in [2.24, 2.45) is 10.9 Å². The van der Waals surface area contributed by atoms with Gasteiger partial charge in [0.15, 0.2) is 0 Å². The van der Waals surface area contributed by atoms with Crippen LogP contribution in [0, 0.1) is 18.3 Å². The lowest BCUT2D eigenvalue weighted by Gasteiger charge is -2.29. The average molecular weight is 486 g/mol. The summed E-state index contributed by atoms with van der Waals surface area (Å²) in [4.78, 5) is 7.04. The minimum Gasteiger partial charge on any atom is -0.493 e. The summed E-state index contributed by atoms with van der Waals surface area (Å²) in [5, 5.41) is 3.30. The molecule has 0 aliphatic carbocycles. The molecule has 1 unspecified atom stereocenters. The monoisotopic (exact) mass is 485 g/mol. The molecule has 31 heavy (non-hydrogen) atoms. The van der Waals surface area contributed by atoms with Gasteiger partial charge in [-0.1, -0.05) is 18.7 Å². The Hall–Kier alpha value is -2.33. The number of morpholine rings is 1. The number of hydrogen-bond acceptors (Lipinski definition) is 4. The zero-order valence-corrected chi connectivity index (χ0v) is 19.9. The number of allylic oxidation sites excluding steroid dienone is 3. The fourth-order valence-corrected chi connectivity index (χ4v) is 3.41. The maximum atomic E-state index is 5.98. The van der Waals surface area contributed by atoms with Crippen LogP contribution in [0.2, 0.25) is 0 Å². The molecule has 6 heteroatoms. The maximum absolute atomic E-state index is 5.98. The van der Waals surface area contributed by atoms with E-state index in [2.05, 4.69) is 50.2 Å². The van der Waals surface area contributed by atoms with E-state index in [0.717, 1.165) is 60.3 Å². The van der Waals surface area contributed by atoms with E-state index >= 15 is 0 Å². The second-order valence-corrected chi connectivity index (χ2v) is 8.12. The predicted molar refractivity (Wildman–Crippen MR) is 134 cm³/mol. The molecule has 1 heterocycles. The van der Waals surface area contributed by atoms with Gasteiger partial charge in [0.1, 0.15) is 11.6 Å². The molecule has 0 spiro atoms. The van der Waals surface area contributed by atoms with Gasteiger partial charge >= 0.3 is 0 Å². The van der Waals surface area contributed by atoms with Crippen LogP contribution in [-0.4, -0.2) is 50.2 Å². The van der Waals surface area contributed by atoms with Crippen molar-refractivity contribution in [2.45, 2.75) is 19.8 Å². The molecule has 5 nitrogen and oxygen atoms in total. The van der Waals surface area contributed by atoms with Gasteiger partial charge in [0, 0.05) is 48.6 Å².